The van der Waals surface area contributed by atoms with Gasteiger partial charge in [0.2, 0.25) is 16.8 Å². The third kappa shape index (κ3) is 4.15. The van der Waals surface area contributed by atoms with Crippen molar-refractivity contribution in [3.8, 4) is 11.5 Å². The molecule has 1 saturated heterocycles. The van der Waals surface area contributed by atoms with Gasteiger partial charge in [0.25, 0.3) is 5.91 Å². The average Bonchev–Trinajstić information content (AvgIpc) is 3.21. The number of rotatable bonds is 5. The lowest BCUT2D eigenvalue weighted by Crippen LogP contribution is -2.39. The van der Waals surface area contributed by atoms with Crippen molar-refractivity contribution in [2.45, 2.75) is 31.2 Å². The van der Waals surface area contributed by atoms with Gasteiger partial charge < -0.3 is 14.4 Å². The van der Waals surface area contributed by atoms with Crippen LogP contribution in [0.1, 0.15) is 35.7 Å². The second kappa shape index (κ2) is 8.28. The Labute approximate surface area is 177 Å². The molecule has 1 atom stereocenters. The third-order valence-electron chi connectivity index (χ3n) is 5.56. The van der Waals surface area contributed by atoms with E-state index in [2.05, 4.69) is 6.92 Å². The van der Waals surface area contributed by atoms with E-state index in [1.54, 1.807) is 28.4 Å². The summed E-state index contributed by atoms with van der Waals surface area (Å²) in [5, 5.41) is 0. The van der Waals surface area contributed by atoms with Crippen molar-refractivity contribution < 1.29 is 22.7 Å². The minimum Gasteiger partial charge on any atom is -0.454 e. The van der Waals surface area contributed by atoms with E-state index in [1.807, 2.05) is 18.2 Å². The van der Waals surface area contributed by atoms with Crippen LogP contribution in [0, 0.1) is 5.92 Å². The number of carbonyl (C=O) groups excluding carboxylic acids is 1. The van der Waals surface area contributed by atoms with Crippen molar-refractivity contribution in [1.29, 1.82) is 0 Å². The number of sulfonamides is 1. The lowest BCUT2D eigenvalue weighted by atomic mass is 10.0. The molecule has 1 unspecified atom stereocenters. The Morgan fingerprint density at radius 2 is 1.87 bits per heavy atom. The van der Waals surface area contributed by atoms with Crippen LogP contribution in [0.4, 0.5) is 0 Å². The maximum Gasteiger partial charge on any atom is 0.253 e. The molecule has 0 bridgehead atoms. The Morgan fingerprint density at radius 1 is 1.13 bits per heavy atom. The topological polar surface area (TPSA) is 76.2 Å². The van der Waals surface area contributed by atoms with Crippen LogP contribution >= 0.6 is 0 Å². The van der Waals surface area contributed by atoms with E-state index in [-0.39, 0.29) is 17.6 Å². The lowest BCUT2D eigenvalue weighted by molar-refractivity contribution is 0.0785. The van der Waals surface area contributed by atoms with Gasteiger partial charge in [-0.15, -0.1) is 0 Å². The zero-order valence-corrected chi connectivity index (χ0v) is 18.0. The molecule has 160 valence electrons. The first-order chi connectivity index (χ1) is 14.3. The molecule has 2 heterocycles. The number of hydrogen-bond donors (Lipinski definition) is 0. The van der Waals surface area contributed by atoms with E-state index in [0.717, 1.165) is 18.4 Å². The zero-order valence-electron chi connectivity index (χ0n) is 17.2. The quantitative estimate of drug-likeness (QED) is 0.729. The van der Waals surface area contributed by atoms with Crippen molar-refractivity contribution in [2.75, 3.05) is 26.9 Å². The zero-order chi connectivity index (χ0) is 21.3. The average molecular weight is 431 g/mol. The fraction of sp³-hybridized carbons (Fsp3) is 0.409. The predicted molar refractivity (Wildman–Crippen MR) is 112 cm³/mol. The van der Waals surface area contributed by atoms with Gasteiger partial charge in [-0.3, -0.25) is 4.79 Å². The van der Waals surface area contributed by atoms with Crippen LogP contribution in [0.5, 0.6) is 11.5 Å². The number of piperidine rings is 1. The molecule has 1 fully saturated rings. The number of fused-ring (bicyclic) bond motifs is 1. The molecule has 0 aliphatic carbocycles. The molecular formula is C22H26N2O5S. The number of ether oxygens (including phenoxy) is 2. The molecular weight excluding hydrogens is 404 g/mol. The first-order valence-corrected chi connectivity index (χ1v) is 11.5. The standard InChI is InChI=1S/C22H26N2O5S/c1-16-4-3-11-24(13-16)30(26,27)19-8-6-18(7-9-19)22(25)23(2)14-17-5-10-20-21(12-17)29-15-28-20/h5-10,12,16H,3-4,11,13-15H2,1-2H3. The molecule has 1 amide bonds. The summed E-state index contributed by atoms with van der Waals surface area (Å²) in [6, 6.07) is 11.8. The molecule has 0 N–H and O–H groups in total. The Morgan fingerprint density at radius 3 is 2.60 bits per heavy atom. The van der Waals surface area contributed by atoms with Crippen molar-refractivity contribution in [2.24, 2.45) is 5.92 Å². The molecule has 7 nitrogen and oxygen atoms in total. The van der Waals surface area contributed by atoms with Gasteiger partial charge in [-0.25, -0.2) is 8.42 Å². The summed E-state index contributed by atoms with van der Waals surface area (Å²) in [6.07, 6.45) is 1.93. The minimum atomic E-state index is -3.53. The van der Waals surface area contributed by atoms with E-state index in [0.29, 0.717) is 42.6 Å². The first-order valence-electron chi connectivity index (χ1n) is 10.1. The summed E-state index contributed by atoms with van der Waals surface area (Å²) in [5.41, 5.74) is 1.37. The Hall–Kier alpha value is -2.58. The summed E-state index contributed by atoms with van der Waals surface area (Å²) in [7, 11) is -1.81. The Balaban J connectivity index is 1.44. The minimum absolute atomic E-state index is 0.178. The van der Waals surface area contributed by atoms with E-state index in [1.165, 1.54) is 12.1 Å². The summed E-state index contributed by atoms with van der Waals surface area (Å²) in [5.74, 6) is 1.56. The SMILES string of the molecule is CC1CCCN(S(=O)(=O)c2ccc(C(=O)N(C)Cc3ccc4c(c3)OCO4)cc2)C1. The fourth-order valence-corrected chi connectivity index (χ4v) is 5.49. The van der Waals surface area contributed by atoms with Gasteiger partial charge in [0.05, 0.1) is 4.90 Å². The number of hydrogen-bond acceptors (Lipinski definition) is 5. The maximum absolute atomic E-state index is 12.9. The van der Waals surface area contributed by atoms with Gasteiger partial charge >= 0.3 is 0 Å². The van der Waals surface area contributed by atoms with Crippen LogP contribution in [-0.4, -0.2) is 50.5 Å². The summed E-state index contributed by atoms with van der Waals surface area (Å²) < 4.78 is 38.0. The molecule has 0 aromatic heterocycles. The normalized spacial score (nSPS) is 18.9. The molecule has 2 aromatic rings. The van der Waals surface area contributed by atoms with Crippen LogP contribution in [0.25, 0.3) is 0 Å². The molecule has 8 heteroatoms. The molecule has 4 rings (SSSR count). The highest BCUT2D eigenvalue weighted by Gasteiger charge is 2.28. The highest BCUT2D eigenvalue weighted by Crippen LogP contribution is 2.33. The van der Waals surface area contributed by atoms with E-state index >= 15 is 0 Å². The van der Waals surface area contributed by atoms with E-state index < -0.39 is 10.0 Å². The fourth-order valence-electron chi connectivity index (χ4n) is 3.89. The molecule has 0 spiro atoms. The Kier molecular flexibility index (Phi) is 5.71. The van der Waals surface area contributed by atoms with Gasteiger partial charge in [0.1, 0.15) is 0 Å². The molecule has 0 saturated carbocycles. The lowest BCUT2D eigenvalue weighted by Gasteiger charge is -2.30. The largest absolute Gasteiger partial charge is 0.454 e. The van der Waals surface area contributed by atoms with Crippen molar-refractivity contribution in [3.63, 3.8) is 0 Å². The highest BCUT2D eigenvalue weighted by atomic mass is 32.2. The number of benzene rings is 2. The summed E-state index contributed by atoms with van der Waals surface area (Å²) in [4.78, 5) is 14.6. The molecule has 2 aliphatic rings. The van der Waals surface area contributed by atoms with Gasteiger partial charge in [-0.2, -0.15) is 4.31 Å². The number of nitrogens with zero attached hydrogens (tertiary/aromatic N) is 2. The van der Waals surface area contributed by atoms with Gasteiger partial charge in [0, 0.05) is 32.2 Å². The van der Waals surface area contributed by atoms with Gasteiger partial charge in [0.15, 0.2) is 11.5 Å². The van der Waals surface area contributed by atoms with Crippen LogP contribution in [0.2, 0.25) is 0 Å². The van der Waals surface area contributed by atoms with Gasteiger partial charge in [-0.05, 0) is 60.7 Å². The monoisotopic (exact) mass is 430 g/mol. The maximum atomic E-state index is 12.9. The van der Waals surface area contributed by atoms with E-state index in [9.17, 15) is 13.2 Å². The molecule has 30 heavy (non-hydrogen) atoms. The summed E-state index contributed by atoms with van der Waals surface area (Å²) in [6.45, 7) is 3.77. The van der Waals surface area contributed by atoms with Crippen molar-refractivity contribution >= 4 is 15.9 Å². The highest BCUT2D eigenvalue weighted by molar-refractivity contribution is 7.89. The Bertz CT molecular complexity index is 1040. The third-order valence-corrected chi connectivity index (χ3v) is 7.44. The van der Waals surface area contributed by atoms with Crippen LogP contribution in [0.3, 0.4) is 0 Å². The number of carbonyl (C=O) groups is 1. The molecule has 2 aliphatic heterocycles. The van der Waals surface area contributed by atoms with Crippen molar-refractivity contribution in [1.82, 2.24) is 9.21 Å². The van der Waals surface area contributed by atoms with Crippen molar-refractivity contribution in [3.05, 3.63) is 53.6 Å². The smallest absolute Gasteiger partial charge is 0.253 e. The first kappa shape index (κ1) is 20.7. The predicted octanol–water partition coefficient (Wildman–Crippen LogP) is 3.11. The van der Waals surface area contributed by atoms with Gasteiger partial charge in [-0.1, -0.05) is 13.0 Å². The molecule has 0 radical (unpaired) electrons. The molecule has 2 aromatic carbocycles. The number of amides is 1. The van der Waals surface area contributed by atoms with E-state index in [4.69, 9.17) is 9.47 Å². The summed E-state index contributed by atoms with van der Waals surface area (Å²) >= 11 is 0. The second-order valence-corrected chi connectivity index (χ2v) is 9.92. The van der Waals surface area contributed by atoms with Crippen LogP contribution < -0.4 is 9.47 Å². The van der Waals surface area contributed by atoms with Crippen LogP contribution in [-0.2, 0) is 16.6 Å². The van der Waals surface area contributed by atoms with Crippen LogP contribution in [0.15, 0.2) is 47.4 Å². The second-order valence-electron chi connectivity index (χ2n) is 7.98.